The predicted octanol–water partition coefficient (Wildman–Crippen LogP) is 2.18. The van der Waals surface area contributed by atoms with Crippen LogP contribution in [0.5, 0.6) is 5.75 Å². The third kappa shape index (κ3) is 5.29. The van der Waals surface area contributed by atoms with Gasteiger partial charge in [-0.1, -0.05) is 19.9 Å². The van der Waals surface area contributed by atoms with E-state index < -0.39 is 4.92 Å². The van der Waals surface area contributed by atoms with Crippen LogP contribution in [0.25, 0.3) is 0 Å². The second-order valence-electron chi connectivity index (χ2n) is 4.99. The van der Waals surface area contributed by atoms with Crippen LogP contribution >= 0.6 is 0 Å². The number of nitro benzene ring substituents is 1. The van der Waals surface area contributed by atoms with Crippen molar-refractivity contribution < 1.29 is 14.5 Å². The highest BCUT2D eigenvalue weighted by atomic mass is 16.6. The largest absolute Gasteiger partial charge is 0.490 e. The van der Waals surface area contributed by atoms with Crippen molar-refractivity contribution in [3.63, 3.8) is 0 Å². The monoisotopic (exact) mass is 295 g/mol. The van der Waals surface area contributed by atoms with Crippen molar-refractivity contribution in [2.24, 2.45) is 5.92 Å². The van der Waals surface area contributed by atoms with E-state index in [0.717, 1.165) is 0 Å². The van der Waals surface area contributed by atoms with Crippen LogP contribution in [0, 0.1) is 16.0 Å². The number of nitro groups is 1. The molecule has 0 bridgehead atoms. The summed E-state index contributed by atoms with van der Waals surface area (Å²) in [5.74, 6) is 0.498. The number of ether oxygens (including phenoxy) is 1. The summed E-state index contributed by atoms with van der Waals surface area (Å²) < 4.78 is 4.98. The highest BCUT2D eigenvalue weighted by Crippen LogP contribution is 2.34. The van der Waals surface area contributed by atoms with Crippen molar-refractivity contribution in [2.75, 3.05) is 25.5 Å². The van der Waals surface area contributed by atoms with Crippen molar-refractivity contribution >= 4 is 17.3 Å². The fraction of sp³-hybridized carbons (Fsp3) is 0.500. The lowest BCUT2D eigenvalue weighted by Crippen LogP contribution is -2.28. The molecule has 0 radical (unpaired) electrons. The summed E-state index contributed by atoms with van der Waals surface area (Å²) >= 11 is 0. The van der Waals surface area contributed by atoms with Crippen LogP contribution in [0.4, 0.5) is 11.4 Å². The van der Waals surface area contributed by atoms with Gasteiger partial charge in [0.25, 0.3) is 0 Å². The molecule has 1 amide bonds. The molecule has 21 heavy (non-hydrogen) atoms. The SMILES string of the molecule is COc1cccc(NCCC(=O)NCC(C)C)c1[N+](=O)[O-]. The van der Waals surface area contributed by atoms with Gasteiger partial charge < -0.3 is 15.4 Å². The second kappa shape index (κ2) is 8.08. The topological polar surface area (TPSA) is 93.5 Å². The van der Waals surface area contributed by atoms with E-state index in [0.29, 0.717) is 24.7 Å². The van der Waals surface area contributed by atoms with Crippen molar-refractivity contribution in [3.8, 4) is 5.75 Å². The lowest BCUT2D eigenvalue weighted by Gasteiger charge is -2.10. The molecule has 0 fully saturated rings. The Labute approximate surface area is 123 Å². The molecule has 7 heteroatoms. The summed E-state index contributed by atoms with van der Waals surface area (Å²) in [4.78, 5) is 22.2. The lowest BCUT2D eigenvalue weighted by atomic mass is 10.2. The summed E-state index contributed by atoms with van der Waals surface area (Å²) in [5, 5.41) is 16.8. The minimum Gasteiger partial charge on any atom is -0.490 e. The zero-order valence-electron chi connectivity index (χ0n) is 12.5. The van der Waals surface area contributed by atoms with Gasteiger partial charge in [-0.3, -0.25) is 14.9 Å². The Bertz CT molecular complexity index is 503. The lowest BCUT2D eigenvalue weighted by molar-refractivity contribution is -0.384. The van der Waals surface area contributed by atoms with Crippen LogP contribution in [0.3, 0.4) is 0 Å². The maximum Gasteiger partial charge on any atom is 0.333 e. The molecule has 1 aromatic rings. The zero-order valence-corrected chi connectivity index (χ0v) is 12.5. The Morgan fingerprint density at radius 1 is 1.43 bits per heavy atom. The number of hydrogen-bond acceptors (Lipinski definition) is 5. The molecule has 2 N–H and O–H groups in total. The van der Waals surface area contributed by atoms with Gasteiger partial charge in [-0.05, 0) is 18.1 Å². The molecule has 0 unspecified atom stereocenters. The highest BCUT2D eigenvalue weighted by molar-refractivity contribution is 5.77. The van der Waals surface area contributed by atoms with Crippen molar-refractivity contribution in [3.05, 3.63) is 28.3 Å². The van der Waals surface area contributed by atoms with Crippen molar-refractivity contribution in [2.45, 2.75) is 20.3 Å². The number of amides is 1. The molecule has 0 aromatic heterocycles. The standard InChI is InChI=1S/C14H21N3O4/c1-10(2)9-16-13(18)7-8-15-11-5-4-6-12(21-3)14(11)17(19)20/h4-6,10,15H,7-9H2,1-3H3,(H,16,18). The van der Waals surface area contributed by atoms with Crippen LogP contribution in [0.1, 0.15) is 20.3 Å². The first-order valence-electron chi connectivity index (χ1n) is 6.77. The molecule has 0 aliphatic rings. The van der Waals surface area contributed by atoms with E-state index in [2.05, 4.69) is 10.6 Å². The minimum atomic E-state index is -0.500. The van der Waals surface area contributed by atoms with Gasteiger partial charge in [0.2, 0.25) is 5.91 Å². The van der Waals surface area contributed by atoms with E-state index in [4.69, 9.17) is 4.74 Å². The number of nitrogens with zero attached hydrogens (tertiary/aromatic N) is 1. The normalized spacial score (nSPS) is 10.3. The highest BCUT2D eigenvalue weighted by Gasteiger charge is 2.20. The third-order valence-electron chi connectivity index (χ3n) is 2.78. The molecule has 1 aromatic carbocycles. The number of benzene rings is 1. The minimum absolute atomic E-state index is 0.0817. The summed E-state index contributed by atoms with van der Waals surface area (Å²) in [6.07, 6.45) is 0.251. The summed E-state index contributed by atoms with van der Waals surface area (Å²) in [6, 6.07) is 4.78. The Hall–Kier alpha value is -2.31. The number of para-hydroxylation sites is 1. The number of rotatable bonds is 8. The molecule has 0 spiro atoms. The summed E-state index contributed by atoms with van der Waals surface area (Å²) in [6.45, 7) is 4.96. The maximum atomic E-state index is 11.6. The first kappa shape index (κ1) is 16.7. The zero-order chi connectivity index (χ0) is 15.8. The Morgan fingerprint density at radius 3 is 2.71 bits per heavy atom. The fourth-order valence-electron chi connectivity index (χ4n) is 1.74. The predicted molar refractivity (Wildman–Crippen MR) is 80.6 cm³/mol. The average Bonchev–Trinajstić information content (AvgIpc) is 2.44. The smallest absolute Gasteiger partial charge is 0.333 e. The van der Waals surface area contributed by atoms with E-state index in [9.17, 15) is 14.9 Å². The number of hydrogen-bond donors (Lipinski definition) is 2. The first-order chi connectivity index (χ1) is 9.95. The number of anilines is 1. The fourth-order valence-corrected chi connectivity index (χ4v) is 1.74. The molecule has 0 heterocycles. The summed E-state index contributed by atoms with van der Waals surface area (Å²) in [5.41, 5.74) is 0.221. The van der Waals surface area contributed by atoms with Gasteiger partial charge in [-0.2, -0.15) is 0 Å². The van der Waals surface area contributed by atoms with Crippen LogP contribution < -0.4 is 15.4 Å². The third-order valence-corrected chi connectivity index (χ3v) is 2.78. The van der Waals surface area contributed by atoms with Gasteiger partial charge in [0.1, 0.15) is 5.69 Å². The van der Waals surface area contributed by atoms with E-state index in [-0.39, 0.29) is 23.8 Å². The number of carbonyl (C=O) groups excluding carboxylic acids is 1. The number of carbonyl (C=O) groups is 1. The molecule has 0 saturated carbocycles. The van der Waals surface area contributed by atoms with Crippen molar-refractivity contribution in [1.29, 1.82) is 0 Å². The Kier molecular flexibility index (Phi) is 6.45. The molecule has 7 nitrogen and oxygen atoms in total. The van der Waals surface area contributed by atoms with Crippen LogP contribution in [0.15, 0.2) is 18.2 Å². The van der Waals surface area contributed by atoms with Gasteiger partial charge in [-0.25, -0.2) is 0 Å². The second-order valence-corrected chi connectivity index (χ2v) is 4.99. The van der Waals surface area contributed by atoms with Gasteiger partial charge in [0, 0.05) is 19.5 Å². The van der Waals surface area contributed by atoms with Crippen LogP contribution in [-0.4, -0.2) is 31.0 Å². The van der Waals surface area contributed by atoms with E-state index in [1.54, 1.807) is 12.1 Å². The van der Waals surface area contributed by atoms with E-state index >= 15 is 0 Å². The molecular formula is C14H21N3O4. The molecule has 0 aliphatic heterocycles. The molecule has 0 aliphatic carbocycles. The van der Waals surface area contributed by atoms with Crippen LogP contribution in [0.2, 0.25) is 0 Å². The van der Waals surface area contributed by atoms with E-state index in [1.165, 1.54) is 13.2 Å². The Balaban J connectivity index is 2.60. The molecule has 0 atom stereocenters. The molecule has 1 rings (SSSR count). The van der Waals surface area contributed by atoms with Gasteiger partial charge in [-0.15, -0.1) is 0 Å². The first-order valence-corrected chi connectivity index (χ1v) is 6.77. The number of methoxy groups -OCH3 is 1. The van der Waals surface area contributed by atoms with Gasteiger partial charge in [0.15, 0.2) is 5.75 Å². The van der Waals surface area contributed by atoms with Gasteiger partial charge >= 0.3 is 5.69 Å². The summed E-state index contributed by atoms with van der Waals surface area (Å²) in [7, 11) is 1.38. The molecule has 116 valence electrons. The van der Waals surface area contributed by atoms with Crippen molar-refractivity contribution in [1.82, 2.24) is 5.32 Å². The average molecular weight is 295 g/mol. The van der Waals surface area contributed by atoms with Crippen LogP contribution in [-0.2, 0) is 4.79 Å². The Morgan fingerprint density at radius 2 is 2.14 bits per heavy atom. The number of nitrogens with one attached hydrogen (secondary N) is 2. The van der Waals surface area contributed by atoms with Gasteiger partial charge in [0.05, 0.1) is 12.0 Å². The van der Waals surface area contributed by atoms with E-state index in [1.807, 2.05) is 13.8 Å². The molecule has 0 saturated heterocycles. The quantitative estimate of drug-likeness (QED) is 0.566. The maximum absolute atomic E-state index is 11.6. The molecular weight excluding hydrogens is 274 g/mol.